The fourth-order valence-electron chi connectivity index (χ4n) is 2.13. The van der Waals surface area contributed by atoms with Gasteiger partial charge < -0.3 is 5.32 Å². The van der Waals surface area contributed by atoms with Crippen LogP contribution in [0.25, 0.3) is 0 Å². The quantitative estimate of drug-likeness (QED) is 0.833. The van der Waals surface area contributed by atoms with Crippen molar-refractivity contribution in [3.63, 3.8) is 0 Å². The third-order valence-electron chi connectivity index (χ3n) is 3.40. The maximum atomic E-state index is 12.2. The predicted octanol–water partition coefficient (Wildman–Crippen LogP) is 4.78. The second-order valence-electron chi connectivity index (χ2n) is 5.25. The van der Waals surface area contributed by atoms with Gasteiger partial charge in [0.25, 0.3) is 0 Å². The molecular formula is C15H21Cl2NO. The van der Waals surface area contributed by atoms with E-state index >= 15 is 0 Å². The van der Waals surface area contributed by atoms with Crippen molar-refractivity contribution in [2.75, 3.05) is 0 Å². The van der Waals surface area contributed by atoms with E-state index in [0.29, 0.717) is 10.0 Å². The minimum absolute atomic E-state index is 0.0466. The van der Waals surface area contributed by atoms with Gasteiger partial charge >= 0.3 is 0 Å². The lowest BCUT2D eigenvalue weighted by Crippen LogP contribution is -2.44. The van der Waals surface area contributed by atoms with Gasteiger partial charge in [0.2, 0.25) is 5.91 Å². The summed E-state index contributed by atoms with van der Waals surface area (Å²) < 4.78 is 0. The molecule has 0 bridgehead atoms. The lowest BCUT2D eigenvalue weighted by atomic mass is 9.92. The van der Waals surface area contributed by atoms with Crippen LogP contribution < -0.4 is 5.32 Å². The average Bonchev–Trinajstić information content (AvgIpc) is 2.29. The Labute approximate surface area is 125 Å². The minimum atomic E-state index is -0.513. The number of nitrogens with one attached hydrogen (secondary N) is 1. The first kappa shape index (κ1) is 16.3. The Kier molecular flexibility index (Phi) is 5.69. The first-order valence-electron chi connectivity index (χ1n) is 6.59. The molecule has 1 aromatic carbocycles. The molecular weight excluding hydrogens is 281 g/mol. The summed E-state index contributed by atoms with van der Waals surface area (Å²) in [6, 6.07) is 5.34. The Morgan fingerprint density at radius 1 is 1.26 bits per heavy atom. The topological polar surface area (TPSA) is 29.1 Å². The van der Waals surface area contributed by atoms with E-state index in [9.17, 15) is 4.79 Å². The summed E-state index contributed by atoms with van der Waals surface area (Å²) in [6.45, 7) is 7.94. The van der Waals surface area contributed by atoms with Crippen LogP contribution in [0.15, 0.2) is 18.2 Å². The van der Waals surface area contributed by atoms with Gasteiger partial charge in [0.15, 0.2) is 0 Å². The molecule has 0 aromatic heterocycles. The molecule has 0 fully saturated rings. The van der Waals surface area contributed by atoms with Crippen LogP contribution in [0.4, 0.5) is 0 Å². The Morgan fingerprint density at radius 3 is 2.32 bits per heavy atom. The highest BCUT2D eigenvalue weighted by molar-refractivity contribution is 6.35. The summed E-state index contributed by atoms with van der Waals surface area (Å²) in [5, 5.41) is 4.23. The molecule has 4 heteroatoms. The maximum Gasteiger partial charge on any atom is 0.223 e. The summed E-state index contributed by atoms with van der Waals surface area (Å²) in [5.74, 6) is 0.117. The predicted molar refractivity (Wildman–Crippen MR) is 81.7 cm³/mol. The number of hydrogen-bond acceptors (Lipinski definition) is 1. The third-order valence-corrected chi connectivity index (χ3v) is 3.94. The molecule has 0 atom stereocenters. The first-order chi connectivity index (χ1) is 8.81. The van der Waals surface area contributed by atoms with Crippen LogP contribution in [0.1, 0.15) is 46.1 Å². The molecule has 0 aliphatic heterocycles. The Balaban J connectivity index is 2.94. The normalized spacial score (nSPS) is 11.7. The molecule has 0 spiro atoms. The lowest BCUT2D eigenvalue weighted by molar-refractivity contribution is -0.126. The van der Waals surface area contributed by atoms with Gasteiger partial charge in [-0.2, -0.15) is 0 Å². The number of rotatable bonds is 5. The Hall–Kier alpha value is -0.730. The van der Waals surface area contributed by atoms with Crippen LogP contribution in [0.3, 0.4) is 0 Å². The second kappa shape index (κ2) is 6.62. The monoisotopic (exact) mass is 301 g/mol. The molecule has 2 nitrogen and oxygen atoms in total. The van der Waals surface area contributed by atoms with Gasteiger partial charge in [-0.3, -0.25) is 4.79 Å². The highest BCUT2D eigenvalue weighted by atomic mass is 35.5. The summed E-state index contributed by atoms with van der Waals surface area (Å²) in [6.07, 6.45) is 1.68. The summed E-state index contributed by atoms with van der Waals surface area (Å²) in [4.78, 5) is 12.2. The lowest BCUT2D eigenvalue weighted by Gasteiger charge is -2.29. The van der Waals surface area contributed by atoms with Crippen LogP contribution >= 0.6 is 23.2 Å². The summed E-state index contributed by atoms with van der Waals surface area (Å²) >= 11 is 12.1. The maximum absolute atomic E-state index is 12.2. The van der Waals surface area contributed by atoms with Gasteiger partial charge in [0.05, 0.1) is 5.54 Å². The number of benzene rings is 1. The Morgan fingerprint density at radius 2 is 1.84 bits per heavy atom. The number of carbonyl (C=O) groups excluding carboxylic acids is 1. The van der Waals surface area contributed by atoms with Crippen LogP contribution in [-0.2, 0) is 10.3 Å². The smallest absolute Gasteiger partial charge is 0.223 e. The highest BCUT2D eigenvalue weighted by Gasteiger charge is 2.27. The molecule has 1 rings (SSSR count). The zero-order chi connectivity index (χ0) is 14.6. The molecule has 0 aliphatic carbocycles. The number of hydrogen-bond donors (Lipinski definition) is 1. The van der Waals surface area contributed by atoms with Gasteiger partial charge in [-0.1, -0.05) is 43.1 Å². The van der Waals surface area contributed by atoms with E-state index in [2.05, 4.69) is 5.32 Å². The van der Waals surface area contributed by atoms with Gasteiger partial charge in [0, 0.05) is 16.0 Å². The fraction of sp³-hybridized carbons (Fsp3) is 0.533. The van der Waals surface area contributed by atoms with Crippen LogP contribution in [-0.4, -0.2) is 5.91 Å². The molecule has 1 amide bonds. The van der Waals surface area contributed by atoms with Crippen molar-refractivity contribution < 1.29 is 4.79 Å². The number of carbonyl (C=O) groups is 1. The standard InChI is InChI=1S/C15H21Cl2NO/c1-5-10(6-2)14(19)18-15(3,4)12-8-7-11(16)9-13(12)17/h7-10H,5-6H2,1-4H3,(H,18,19). The van der Waals surface area contributed by atoms with Gasteiger partial charge in [-0.15, -0.1) is 0 Å². The zero-order valence-corrected chi connectivity index (χ0v) is 13.4. The third kappa shape index (κ3) is 4.12. The van der Waals surface area contributed by atoms with Crippen molar-refractivity contribution >= 4 is 29.1 Å². The molecule has 0 radical (unpaired) electrons. The minimum Gasteiger partial charge on any atom is -0.347 e. The van der Waals surface area contributed by atoms with Gasteiger partial charge in [-0.25, -0.2) is 0 Å². The van der Waals surface area contributed by atoms with E-state index in [1.165, 1.54) is 0 Å². The number of halogens is 2. The van der Waals surface area contributed by atoms with Crippen LogP contribution in [0, 0.1) is 5.92 Å². The number of amides is 1. The summed E-state index contributed by atoms with van der Waals surface area (Å²) in [7, 11) is 0. The van der Waals surface area contributed by atoms with E-state index in [1.54, 1.807) is 12.1 Å². The van der Waals surface area contributed by atoms with Crippen molar-refractivity contribution in [3.05, 3.63) is 33.8 Å². The molecule has 0 aliphatic rings. The largest absolute Gasteiger partial charge is 0.347 e. The van der Waals surface area contributed by atoms with E-state index in [1.807, 2.05) is 33.8 Å². The van der Waals surface area contributed by atoms with Crippen molar-refractivity contribution in [2.45, 2.75) is 46.1 Å². The molecule has 1 aromatic rings. The molecule has 0 saturated heterocycles. The second-order valence-corrected chi connectivity index (χ2v) is 6.10. The van der Waals surface area contributed by atoms with E-state index in [0.717, 1.165) is 18.4 Å². The average molecular weight is 302 g/mol. The Bertz CT molecular complexity index is 453. The molecule has 0 unspecified atom stereocenters. The van der Waals surface area contributed by atoms with Crippen molar-refractivity contribution in [2.24, 2.45) is 5.92 Å². The van der Waals surface area contributed by atoms with Gasteiger partial charge in [-0.05, 0) is 44.4 Å². The van der Waals surface area contributed by atoms with Crippen LogP contribution in [0.2, 0.25) is 10.0 Å². The van der Waals surface area contributed by atoms with E-state index in [-0.39, 0.29) is 11.8 Å². The molecule has 106 valence electrons. The van der Waals surface area contributed by atoms with Crippen molar-refractivity contribution in [1.29, 1.82) is 0 Å². The summed E-state index contributed by atoms with van der Waals surface area (Å²) in [5.41, 5.74) is 0.360. The molecule has 1 N–H and O–H groups in total. The molecule has 0 saturated carbocycles. The highest BCUT2D eigenvalue weighted by Crippen LogP contribution is 2.30. The SMILES string of the molecule is CCC(CC)C(=O)NC(C)(C)c1ccc(Cl)cc1Cl. The molecule has 19 heavy (non-hydrogen) atoms. The van der Waals surface area contributed by atoms with Gasteiger partial charge in [0.1, 0.15) is 0 Å². The van der Waals surface area contributed by atoms with E-state index in [4.69, 9.17) is 23.2 Å². The van der Waals surface area contributed by atoms with E-state index < -0.39 is 5.54 Å². The van der Waals surface area contributed by atoms with Crippen molar-refractivity contribution in [3.8, 4) is 0 Å². The fourth-order valence-corrected chi connectivity index (χ4v) is 2.78. The zero-order valence-electron chi connectivity index (χ0n) is 11.9. The first-order valence-corrected chi connectivity index (χ1v) is 7.35. The van der Waals surface area contributed by atoms with Crippen LogP contribution in [0.5, 0.6) is 0 Å². The molecule has 0 heterocycles. The van der Waals surface area contributed by atoms with Crippen molar-refractivity contribution in [1.82, 2.24) is 5.32 Å².